The quantitative estimate of drug-likeness (QED) is 0.928. The molecule has 1 aromatic heterocycles. The summed E-state index contributed by atoms with van der Waals surface area (Å²) < 4.78 is 0. The number of aromatic nitrogens is 2. The van der Waals surface area contributed by atoms with Gasteiger partial charge >= 0.3 is 0 Å². The van der Waals surface area contributed by atoms with Crippen LogP contribution in [0.4, 0.5) is 5.95 Å². The van der Waals surface area contributed by atoms with E-state index < -0.39 is 0 Å². The third-order valence-electron chi connectivity index (χ3n) is 5.31. The minimum atomic E-state index is 0.149. The van der Waals surface area contributed by atoms with Crippen molar-refractivity contribution in [1.29, 1.82) is 0 Å². The van der Waals surface area contributed by atoms with Crippen LogP contribution in [0.15, 0.2) is 18.5 Å². The van der Waals surface area contributed by atoms with Gasteiger partial charge < -0.3 is 10.2 Å². The Morgan fingerprint density at radius 3 is 2.65 bits per heavy atom. The van der Waals surface area contributed by atoms with Crippen molar-refractivity contribution >= 4 is 11.9 Å². The van der Waals surface area contributed by atoms with Gasteiger partial charge in [0.25, 0.3) is 0 Å². The summed E-state index contributed by atoms with van der Waals surface area (Å²) in [6.45, 7) is 4.92. The van der Waals surface area contributed by atoms with Gasteiger partial charge in [-0.05, 0) is 43.6 Å². The molecule has 1 aliphatic carbocycles. The minimum absolute atomic E-state index is 0.149. The van der Waals surface area contributed by atoms with Gasteiger partial charge in [-0.3, -0.25) is 4.79 Å². The van der Waals surface area contributed by atoms with Gasteiger partial charge in [0, 0.05) is 37.9 Å². The zero-order chi connectivity index (χ0) is 16.1. The molecular formula is C18H28N4O. The van der Waals surface area contributed by atoms with Crippen molar-refractivity contribution in [3.8, 4) is 0 Å². The number of nitrogens with zero attached hydrogens (tertiary/aromatic N) is 3. The Kier molecular flexibility index (Phi) is 5.47. The first-order chi connectivity index (χ1) is 11.2. The largest absolute Gasteiger partial charge is 0.356 e. The van der Waals surface area contributed by atoms with Gasteiger partial charge in [0.15, 0.2) is 0 Å². The number of nitrogens with one attached hydrogen (secondary N) is 1. The molecule has 1 aromatic rings. The summed E-state index contributed by atoms with van der Waals surface area (Å²) in [5.41, 5.74) is 0. The summed E-state index contributed by atoms with van der Waals surface area (Å²) in [5.74, 6) is 2.68. The molecule has 2 atom stereocenters. The van der Waals surface area contributed by atoms with Crippen LogP contribution < -0.4 is 10.2 Å². The van der Waals surface area contributed by atoms with Crippen molar-refractivity contribution in [2.75, 3.05) is 24.5 Å². The first kappa shape index (κ1) is 16.2. The van der Waals surface area contributed by atoms with E-state index in [4.69, 9.17) is 0 Å². The fraction of sp³-hybridized carbons (Fsp3) is 0.722. The molecule has 5 heteroatoms. The molecular weight excluding hydrogens is 288 g/mol. The van der Waals surface area contributed by atoms with Gasteiger partial charge in [-0.2, -0.15) is 0 Å². The second-order valence-electron chi connectivity index (χ2n) is 7.19. The number of anilines is 1. The van der Waals surface area contributed by atoms with E-state index in [1.165, 1.54) is 25.7 Å². The van der Waals surface area contributed by atoms with Crippen molar-refractivity contribution in [1.82, 2.24) is 15.3 Å². The van der Waals surface area contributed by atoms with Crippen molar-refractivity contribution in [3.63, 3.8) is 0 Å². The monoisotopic (exact) mass is 316 g/mol. The number of rotatable bonds is 4. The molecule has 0 aromatic carbocycles. The summed E-state index contributed by atoms with van der Waals surface area (Å²) in [7, 11) is 0. The lowest BCUT2D eigenvalue weighted by Gasteiger charge is -2.32. The predicted octanol–water partition coefficient (Wildman–Crippen LogP) is 2.64. The van der Waals surface area contributed by atoms with Crippen LogP contribution in [0.1, 0.15) is 45.4 Å². The maximum Gasteiger partial charge on any atom is 0.225 e. The summed E-state index contributed by atoms with van der Waals surface area (Å²) >= 11 is 0. The van der Waals surface area contributed by atoms with Crippen molar-refractivity contribution < 1.29 is 4.79 Å². The predicted molar refractivity (Wildman–Crippen MR) is 91.1 cm³/mol. The van der Waals surface area contributed by atoms with E-state index in [0.29, 0.717) is 5.92 Å². The molecule has 23 heavy (non-hydrogen) atoms. The van der Waals surface area contributed by atoms with Crippen molar-refractivity contribution in [2.24, 2.45) is 17.8 Å². The number of amides is 1. The molecule has 2 aliphatic rings. The number of hydrogen-bond donors (Lipinski definition) is 1. The van der Waals surface area contributed by atoms with Crippen LogP contribution in [-0.4, -0.2) is 35.5 Å². The third kappa shape index (κ3) is 4.43. The van der Waals surface area contributed by atoms with Crippen molar-refractivity contribution in [2.45, 2.75) is 45.4 Å². The molecule has 0 radical (unpaired) electrons. The average molecular weight is 316 g/mol. The molecule has 5 nitrogen and oxygen atoms in total. The maximum atomic E-state index is 12.4. The molecule has 1 N–H and O–H groups in total. The summed E-state index contributed by atoms with van der Waals surface area (Å²) in [6.07, 6.45) is 10.5. The second-order valence-corrected chi connectivity index (χ2v) is 7.19. The van der Waals surface area contributed by atoms with E-state index in [1.807, 2.05) is 6.07 Å². The topological polar surface area (TPSA) is 58.1 Å². The Bertz CT molecular complexity index is 499. The van der Waals surface area contributed by atoms with Crippen LogP contribution in [0.2, 0.25) is 0 Å². The molecule has 2 unspecified atom stereocenters. The van der Waals surface area contributed by atoms with Crippen LogP contribution in [0.25, 0.3) is 0 Å². The summed E-state index contributed by atoms with van der Waals surface area (Å²) in [5, 5.41) is 3.21. The molecule has 1 amide bonds. The molecule has 2 heterocycles. The zero-order valence-electron chi connectivity index (χ0n) is 14.1. The molecule has 0 spiro atoms. The van der Waals surface area contributed by atoms with Crippen LogP contribution in [-0.2, 0) is 4.79 Å². The number of carbonyl (C=O) groups is 1. The van der Waals surface area contributed by atoms with E-state index in [0.717, 1.165) is 44.3 Å². The summed E-state index contributed by atoms with van der Waals surface area (Å²) in [4.78, 5) is 23.2. The lowest BCUT2D eigenvalue weighted by atomic mass is 9.82. The molecule has 0 bridgehead atoms. The Morgan fingerprint density at radius 1 is 1.22 bits per heavy atom. The fourth-order valence-electron chi connectivity index (χ4n) is 3.93. The van der Waals surface area contributed by atoms with Gasteiger partial charge in [-0.1, -0.05) is 19.8 Å². The minimum Gasteiger partial charge on any atom is -0.356 e. The van der Waals surface area contributed by atoms with Crippen molar-refractivity contribution in [3.05, 3.63) is 18.5 Å². The molecule has 1 saturated carbocycles. The van der Waals surface area contributed by atoms with E-state index >= 15 is 0 Å². The molecule has 1 saturated heterocycles. The SMILES string of the molecule is CC1CCCC(CNC(=O)C2CCN(c3ncccn3)CC2)C1. The van der Waals surface area contributed by atoms with Gasteiger partial charge in [0.05, 0.1) is 0 Å². The standard InChI is InChI=1S/C18H28N4O/c1-14-4-2-5-15(12-14)13-21-17(23)16-6-10-22(11-7-16)18-19-8-3-9-20-18/h3,8-9,14-16H,2,4-7,10-13H2,1H3,(H,21,23). The van der Waals surface area contributed by atoms with Crippen LogP contribution in [0.3, 0.4) is 0 Å². The normalized spacial score (nSPS) is 26.0. The Balaban J connectivity index is 1.41. The average Bonchev–Trinajstić information content (AvgIpc) is 2.61. The Labute approximate surface area is 138 Å². The molecule has 3 rings (SSSR count). The van der Waals surface area contributed by atoms with Gasteiger partial charge in [-0.15, -0.1) is 0 Å². The van der Waals surface area contributed by atoms with Crippen LogP contribution in [0, 0.1) is 17.8 Å². The van der Waals surface area contributed by atoms with Crippen LogP contribution in [0.5, 0.6) is 0 Å². The first-order valence-electron chi connectivity index (χ1n) is 9.02. The number of piperidine rings is 1. The highest BCUT2D eigenvalue weighted by molar-refractivity contribution is 5.78. The highest BCUT2D eigenvalue weighted by Crippen LogP contribution is 2.28. The molecule has 2 fully saturated rings. The Morgan fingerprint density at radius 2 is 1.96 bits per heavy atom. The highest BCUT2D eigenvalue weighted by atomic mass is 16.1. The lowest BCUT2D eigenvalue weighted by molar-refractivity contribution is -0.125. The maximum absolute atomic E-state index is 12.4. The molecule has 1 aliphatic heterocycles. The smallest absolute Gasteiger partial charge is 0.225 e. The number of hydrogen-bond acceptors (Lipinski definition) is 4. The molecule has 126 valence electrons. The summed E-state index contributed by atoms with van der Waals surface area (Å²) in [6, 6.07) is 1.83. The van der Waals surface area contributed by atoms with Gasteiger partial charge in [-0.25, -0.2) is 9.97 Å². The van der Waals surface area contributed by atoms with E-state index in [-0.39, 0.29) is 11.8 Å². The Hall–Kier alpha value is -1.65. The third-order valence-corrected chi connectivity index (χ3v) is 5.31. The first-order valence-corrected chi connectivity index (χ1v) is 9.02. The van der Waals surface area contributed by atoms with E-state index in [1.54, 1.807) is 12.4 Å². The highest BCUT2D eigenvalue weighted by Gasteiger charge is 2.27. The van der Waals surface area contributed by atoms with Gasteiger partial charge in [0.2, 0.25) is 11.9 Å². The second kappa shape index (κ2) is 7.75. The van der Waals surface area contributed by atoms with Gasteiger partial charge in [0.1, 0.15) is 0 Å². The lowest BCUT2D eigenvalue weighted by Crippen LogP contribution is -2.42. The number of carbonyl (C=O) groups excluding carboxylic acids is 1. The zero-order valence-corrected chi connectivity index (χ0v) is 14.1. The van der Waals surface area contributed by atoms with Crippen LogP contribution >= 0.6 is 0 Å². The van der Waals surface area contributed by atoms with E-state index in [2.05, 4.69) is 27.1 Å². The van der Waals surface area contributed by atoms with E-state index in [9.17, 15) is 4.79 Å². The fourth-order valence-corrected chi connectivity index (χ4v) is 3.93.